The van der Waals surface area contributed by atoms with E-state index in [9.17, 15) is 0 Å². The zero-order valence-corrected chi connectivity index (χ0v) is 13.1. The number of fused-ring (bicyclic) bond motifs is 2. The number of nitrogens with zero attached hydrogens (tertiary/aromatic N) is 3. The van der Waals surface area contributed by atoms with Gasteiger partial charge in [0.2, 0.25) is 6.79 Å². The van der Waals surface area contributed by atoms with Crippen LogP contribution in [0.4, 0.5) is 5.69 Å². The van der Waals surface area contributed by atoms with Crippen molar-refractivity contribution < 1.29 is 14.2 Å². The summed E-state index contributed by atoms with van der Waals surface area (Å²) in [7, 11) is 0. The summed E-state index contributed by atoms with van der Waals surface area (Å²) in [6.07, 6.45) is 1.83. The van der Waals surface area contributed by atoms with Crippen LogP contribution in [-0.2, 0) is 6.54 Å². The Morgan fingerprint density at radius 1 is 1.12 bits per heavy atom. The number of nitrogens with two attached hydrogens (primary N) is 1. The van der Waals surface area contributed by atoms with Crippen LogP contribution in [0.2, 0.25) is 0 Å². The normalized spacial score (nSPS) is 12.7. The number of nitrogen functional groups attached to an aromatic ring is 1. The average Bonchev–Trinajstić information content (AvgIpc) is 3.20. The summed E-state index contributed by atoms with van der Waals surface area (Å²) in [5.41, 5.74) is 8.28. The number of aromatic nitrogens is 3. The van der Waals surface area contributed by atoms with Crippen molar-refractivity contribution in [2.45, 2.75) is 19.4 Å². The van der Waals surface area contributed by atoms with E-state index in [2.05, 4.69) is 10.3 Å². The van der Waals surface area contributed by atoms with Crippen LogP contribution in [0, 0.1) is 0 Å². The molecule has 0 amide bonds. The molecule has 0 fully saturated rings. The molecule has 0 radical (unpaired) electrons. The third kappa shape index (κ3) is 2.80. The van der Waals surface area contributed by atoms with Gasteiger partial charge in [-0.25, -0.2) is 4.68 Å². The Labute approximate surface area is 138 Å². The Hall–Kier alpha value is -2.96. The molecule has 1 aliphatic rings. The number of hydrogen-bond donors (Lipinski definition) is 1. The highest BCUT2D eigenvalue weighted by atomic mass is 16.7. The second kappa shape index (κ2) is 6.27. The minimum atomic E-state index is 0.259. The van der Waals surface area contributed by atoms with Crippen LogP contribution in [0.3, 0.4) is 0 Å². The fourth-order valence-corrected chi connectivity index (χ4v) is 2.68. The summed E-state index contributed by atoms with van der Waals surface area (Å²) in [5, 5.41) is 8.38. The summed E-state index contributed by atoms with van der Waals surface area (Å²) in [6.45, 7) is 1.65. The van der Waals surface area contributed by atoms with E-state index in [1.54, 1.807) is 0 Å². The average molecular weight is 326 g/mol. The van der Waals surface area contributed by atoms with E-state index < -0.39 is 0 Å². The highest BCUT2D eigenvalue weighted by Gasteiger charge is 2.17. The van der Waals surface area contributed by atoms with Crippen LogP contribution in [0.1, 0.15) is 12.8 Å². The summed E-state index contributed by atoms with van der Waals surface area (Å²) < 4.78 is 18.3. The highest BCUT2D eigenvalue weighted by Crippen LogP contribution is 2.35. The number of benzene rings is 2. The predicted octanol–water partition coefficient (Wildman–Crippen LogP) is 2.60. The van der Waals surface area contributed by atoms with Gasteiger partial charge in [0.1, 0.15) is 11.3 Å². The molecule has 0 spiro atoms. The van der Waals surface area contributed by atoms with Gasteiger partial charge in [-0.3, -0.25) is 0 Å². The number of rotatable bonds is 6. The first-order chi connectivity index (χ1) is 11.8. The van der Waals surface area contributed by atoms with Crippen molar-refractivity contribution in [1.82, 2.24) is 15.0 Å². The first kappa shape index (κ1) is 14.6. The fraction of sp³-hybridized carbons (Fsp3) is 0.294. The fourth-order valence-electron chi connectivity index (χ4n) is 2.68. The minimum Gasteiger partial charge on any atom is -0.491 e. The first-order valence-corrected chi connectivity index (χ1v) is 7.91. The second-order valence-corrected chi connectivity index (χ2v) is 5.60. The van der Waals surface area contributed by atoms with Gasteiger partial charge < -0.3 is 19.9 Å². The van der Waals surface area contributed by atoms with Crippen molar-refractivity contribution in [3.63, 3.8) is 0 Å². The van der Waals surface area contributed by atoms with E-state index in [4.69, 9.17) is 19.9 Å². The molecular weight excluding hydrogens is 308 g/mol. The Balaban J connectivity index is 1.33. The SMILES string of the molecule is Nc1ccccc1OCCCCn1nnc2cc3c(cc21)OCO3. The minimum absolute atomic E-state index is 0.259. The van der Waals surface area contributed by atoms with Gasteiger partial charge >= 0.3 is 0 Å². The van der Waals surface area contributed by atoms with E-state index in [0.717, 1.165) is 47.7 Å². The van der Waals surface area contributed by atoms with Gasteiger partial charge in [-0.1, -0.05) is 17.3 Å². The molecule has 0 bridgehead atoms. The van der Waals surface area contributed by atoms with Crippen molar-refractivity contribution in [3.05, 3.63) is 36.4 Å². The molecule has 24 heavy (non-hydrogen) atoms. The van der Waals surface area contributed by atoms with E-state index in [-0.39, 0.29) is 6.79 Å². The van der Waals surface area contributed by atoms with Crippen LogP contribution in [0.5, 0.6) is 17.2 Å². The lowest BCUT2D eigenvalue weighted by Crippen LogP contribution is -2.04. The third-order valence-electron chi connectivity index (χ3n) is 3.95. The highest BCUT2D eigenvalue weighted by molar-refractivity contribution is 5.79. The molecule has 0 aliphatic carbocycles. The summed E-state index contributed by atoms with van der Waals surface area (Å²) >= 11 is 0. The lowest BCUT2D eigenvalue weighted by molar-refractivity contribution is 0.174. The largest absolute Gasteiger partial charge is 0.491 e. The Bertz CT molecular complexity index is 862. The van der Waals surface area contributed by atoms with Crippen LogP contribution < -0.4 is 19.9 Å². The molecule has 1 aliphatic heterocycles. The maximum atomic E-state index is 5.85. The van der Waals surface area contributed by atoms with Gasteiger partial charge in [-0.05, 0) is 25.0 Å². The summed E-state index contributed by atoms with van der Waals surface area (Å²) in [5.74, 6) is 2.20. The van der Waals surface area contributed by atoms with Crippen LogP contribution in [0.15, 0.2) is 36.4 Å². The van der Waals surface area contributed by atoms with Gasteiger partial charge in [0.05, 0.1) is 17.8 Å². The lowest BCUT2D eigenvalue weighted by atomic mass is 10.2. The molecule has 7 heteroatoms. The maximum absolute atomic E-state index is 5.85. The number of anilines is 1. The molecule has 0 saturated heterocycles. The van der Waals surface area contributed by atoms with Crippen LogP contribution in [-0.4, -0.2) is 28.4 Å². The standard InChI is InChI=1S/C17H18N4O3/c18-12-5-1-2-6-15(12)22-8-4-3-7-21-14-10-17-16(23-11-24-17)9-13(14)19-20-21/h1-2,5-6,9-10H,3-4,7-8,11,18H2. The van der Waals surface area contributed by atoms with Crippen molar-refractivity contribution >= 4 is 16.7 Å². The monoisotopic (exact) mass is 326 g/mol. The Kier molecular flexibility index (Phi) is 3.82. The number of ether oxygens (including phenoxy) is 3. The molecule has 2 heterocycles. The molecule has 1 aromatic heterocycles. The van der Waals surface area contributed by atoms with Crippen LogP contribution in [0.25, 0.3) is 11.0 Å². The van der Waals surface area contributed by atoms with E-state index in [1.807, 2.05) is 41.1 Å². The second-order valence-electron chi connectivity index (χ2n) is 5.60. The molecule has 124 valence electrons. The quantitative estimate of drug-likeness (QED) is 0.554. The number of hydrogen-bond acceptors (Lipinski definition) is 6. The third-order valence-corrected chi connectivity index (χ3v) is 3.95. The number of para-hydroxylation sites is 2. The molecule has 2 N–H and O–H groups in total. The molecule has 0 saturated carbocycles. The molecule has 2 aromatic carbocycles. The molecule has 4 rings (SSSR count). The Morgan fingerprint density at radius 2 is 1.96 bits per heavy atom. The Morgan fingerprint density at radius 3 is 2.83 bits per heavy atom. The lowest BCUT2D eigenvalue weighted by Gasteiger charge is -2.08. The molecule has 0 atom stereocenters. The first-order valence-electron chi connectivity index (χ1n) is 7.91. The molecule has 0 unspecified atom stereocenters. The topological polar surface area (TPSA) is 84.4 Å². The van der Waals surface area contributed by atoms with E-state index in [1.165, 1.54) is 0 Å². The zero-order valence-electron chi connectivity index (χ0n) is 13.1. The molecular formula is C17H18N4O3. The predicted molar refractivity (Wildman–Crippen MR) is 89.2 cm³/mol. The number of unbranched alkanes of at least 4 members (excludes halogenated alkanes) is 1. The van der Waals surface area contributed by atoms with Gasteiger partial charge in [-0.2, -0.15) is 0 Å². The van der Waals surface area contributed by atoms with Gasteiger partial charge in [0.15, 0.2) is 11.5 Å². The summed E-state index contributed by atoms with van der Waals surface area (Å²) in [6, 6.07) is 11.3. The van der Waals surface area contributed by atoms with Crippen molar-refractivity contribution in [2.75, 3.05) is 19.1 Å². The van der Waals surface area contributed by atoms with E-state index >= 15 is 0 Å². The van der Waals surface area contributed by atoms with Crippen molar-refractivity contribution in [3.8, 4) is 17.2 Å². The maximum Gasteiger partial charge on any atom is 0.231 e. The zero-order chi connectivity index (χ0) is 16.4. The molecule has 3 aromatic rings. The summed E-state index contributed by atoms with van der Waals surface area (Å²) in [4.78, 5) is 0. The number of aryl methyl sites for hydroxylation is 1. The van der Waals surface area contributed by atoms with Crippen LogP contribution >= 0.6 is 0 Å². The van der Waals surface area contributed by atoms with Crippen molar-refractivity contribution in [2.24, 2.45) is 0 Å². The van der Waals surface area contributed by atoms with Gasteiger partial charge in [-0.15, -0.1) is 5.10 Å². The van der Waals surface area contributed by atoms with E-state index in [0.29, 0.717) is 12.3 Å². The van der Waals surface area contributed by atoms with Gasteiger partial charge in [0.25, 0.3) is 0 Å². The van der Waals surface area contributed by atoms with Gasteiger partial charge in [0, 0.05) is 18.7 Å². The molecule has 7 nitrogen and oxygen atoms in total. The van der Waals surface area contributed by atoms with Crippen molar-refractivity contribution in [1.29, 1.82) is 0 Å². The smallest absolute Gasteiger partial charge is 0.231 e.